The lowest BCUT2D eigenvalue weighted by molar-refractivity contribution is -0.122. The van der Waals surface area contributed by atoms with E-state index in [1.165, 1.54) is 39.2 Å². The molecule has 0 saturated heterocycles. The molecule has 0 saturated carbocycles. The third-order valence-electron chi connectivity index (χ3n) is 5.61. The number of benzene rings is 2. The number of carbonyl (C=O) groups is 5. The summed E-state index contributed by atoms with van der Waals surface area (Å²) in [5.41, 5.74) is 1.39. The van der Waals surface area contributed by atoms with Gasteiger partial charge in [-0.1, -0.05) is 12.1 Å². The zero-order chi connectivity index (χ0) is 26.0. The summed E-state index contributed by atoms with van der Waals surface area (Å²) in [6.45, 7) is 1.38. The Morgan fingerprint density at radius 2 is 1.71 bits per heavy atom. The molecule has 2 aromatic rings. The van der Waals surface area contributed by atoms with Crippen LogP contribution in [0.15, 0.2) is 36.4 Å². The van der Waals surface area contributed by atoms with Gasteiger partial charge in [-0.15, -0.1) is 0 Å². The monoisotopic (exact) mass is 482 g/mol. The van der Waals surface area contributed by atoms with Gasteiger partial charge in [-0.3, -0.25) is 19.2 Å². The van der Waals surface area contributed by atoms with Crippen LogP contribution in [0.1, 0.15) is 51.6 Å². The molecule has 0 radical (unpaired) electrons. The van der Waals surface area contributed by atoms with Gasteiger partial charge in [-0.25, -0.2) is 0 Å². The Bertz CT molecular complexity index is 1070. The molecule has 0 aromatic heterocycles. The Balaban J connectivity index is 2.18. The average molecular weight is 483 g/mol. The Morgan fingerprint density at radius 1 is 1.06 bits per heavy atom. The molecule has 2 aromatic carbocycles. The van der Waals surface area contributed by atoms with Gasteiger partial charge >= 0.3 is 0 Å². The lowest BCUT2D eigenvalue weighted by Gasteiger charge is -2.26. The standard InChI is InChI=1S/C26H30N2O7/c1-17(31)24(9-6-10-29)28(2)26(33)22-8-5-7-19(23(22)16-30)15-27-25(32)13-18-11-20(34-3)14-21(12-18)35-4/h5,7-8,10-12,14,16,24H,6,9,13,15H2,1-4H3,(H,27,32). The summed E-state index contributed by atoms with van der Waals surface area (Å²) in [5.74, 6) is 0.0461. The number of Topliss-reactive ketones (excluding diaryl/α,β-unsaturated/α-hetero) is 1. The van der Waals surface area contributed by atoms with E-state index in [0.717, 1.165) is 0 Å². The van der Waals surface area contributed by atoms with Gasteiger partial charge in [0.1, 0.15) is 17.8 Å². The van der Waals surface area contributed by atoms with Crippen LogP contribution in [0, 0.1) is 0 Å². The van der Waals surface area contributed by atoms with Crippen molar-refractivity contribution in [2.24, 2.45) is 0 Å². The van der Waals surface area contributed by atoms with Gasteiger partial charge in [0.15, 0.2) is 12.1 Å². The number of likely N-dealkylation sites (N-methyl/N-ethyl adjacent to an activating group) is 1. The summed E-state index contributed by atoms with van der Waals surface area (Å²) < 4.78 is 10.4. The molecule has 2 amide bonds. The third kappa shape index (κ3) is 7.23. The minimum absolute atomic E-state index is 0.0279. The predicted molar refractivity (Wildman–Crippen MR) is 129 cm³/mol. The molecule has 0 bridgehead atoms. The number of rotatable bonds is 13. The van der Waals surface area contributed by atoms with Gasteiger partial charge in [0.25, 0.3) is 5.91 Å². The van der Waals surface area contributed by atoms with Crippen LogP contribution < -0.4 is 14.8 Å². The molecule has 0 aliphatic carbocycles. The second-order valence-corrected chi connectivity index (χ2v) is 7.96. The average Bonchev–Trinajstić information content (AvgIpc) is 2.86. The number of hydrogen-bond donors (Lipinski definition) is 1. The highest BCUT2D eigenvalue weighted by Crippen LogP contribution is 2.23. The van der Waals surface area contributed by atoms with Crippen LogP contribution in [0.4, 0.5) is 0 Å². The molecule has 2 rings (SSSR count). The molecule has 9 heteroatoms. The fourth-order valence-corrected chi connectivity index (χ4v) is 3.73. The highest BCUT2D eigenvalue weighted by atomic mass is 16.5. The van der Waals surface area contributed by atoms with E-state index in [2.05, 4.69) is 5.32 Å². The molecule has 0 aliphatic rings. The summed E-state index contributed by atoms with van der Waals surface area (Å²) in [4.78, 5) is 61.6. The quantitative estimate of drug-likeness (QED) is 0.435. The van der Waals surface area contributed by atoms with E-state index in [9.17, 15) is 24.0 Å². The van der Waals surface area contributed by atoms with E-state index >= 15 is 0 Å². The van der Waals surface area contributed by atoms with Gasteiger partial charge in [-0.2, -0.15) is 0 Å². The van der Waals surface area contributed by atoms with Crippen LogP contribution in [-0.4, -0.2) is 62.4 Å². The molecule has 0 spiro atoms. The van der Waals surface area contributed by atoms with Gasteiger partial charge in [0.05, 0.1) is 32.2 Å². The van der Waals surface area contributed by atoms with Crippen molar-refractivity contribution in [2.45, 2.75) is 38.8 Å². The smallest absolute Gasteiger partial charge is 0.254 e. The van der Waals surface area contributed by atoms with Crippen molar-refractivity contribution >= 4 is 30.2 Å². The lowest BCUT2D eigenvalue weighted by atomic mass is 9.99. The van der Waals surface area contributed by atoms with Gasteiger partial charge in [-0.05, 0) is 42.7 Å². The summed E-state index contributed by atoms with van der Waals surface area (Å²) in [7, 11) is 4.50. The normalized spacial score (nSPS) is 11.2. The maximum atomic E-state index is 13.1. The molecule has 9 nitrogen and oxygen atoms in total. The number of carbonyl (C=O) groups excluding carboxylic acids is 5. The van der Waals surface area contributed by atoms with Crippen LogP contribution in [0.25, 0.3) is 0 Å². The molecule has 1 unspecified atom stereocenters. The van der Waals surface area contributed by atoms with Crippen molar-refractivity contribution in [2.75, 3.05) is 21.3 Å². The number of ether oxygens (including phenoxy) is 2. The van der Waals surface area contributed by atoms with E-state index in [-0.39, 0.29) is 48.6 Å². The SMILES string of the molecule is COc1cc(CC(=O)NCc2cccc(C(=O)N(C)C(CCC=O)C(C)=O)c2C=O)cc(OC)c1. The number of ketones is 1. The van der Waals surface area contributed by atoms with Crippen molar-refractivity contribution in [1.82, 2.24) is 10.2 Å². The fourth-order valence-electron chi connectivity index (χ4n) is 3.73. The Hall–Kier alpha value is -4.01. The van der Waals surface area contributed by atoms with Crippen LogP contribution in [0.3, 0.4) is 0 Å². The van der Waals surface area contributed by atoms with E-state index in [1.807, 2.05) is 0 Å². The first-order chi connectivity index (χ1) is 16.7. The first kappa shape index (κ1) is 27.2. The zero-order valence-corrected chi connectivity index (χ0v) is 20.3. The Labute approximate surface area is 204 Å². The van der Waals surface area contributed by atoms with E-state index < -0.39 is 11.9 Å². The molecule has 186 valence electrons. The predicted octanol–water partition coefficient (Wildman–Crippen LogP) is 2.38. The van der Waals surface area contributed by atoms with Crippen LogP contribution in [0.2, 0.25) is 0 Å². The first-order valence-corrected chi connectivity index (χ1v) is 11.0. The van der Waals surface area contributed by atoms with Gasteiger partial charge in [0.2, 0.25) is 5.91 Å². The van der Waals surface area contributed by atoms with Crippen molar-refractivity contribution in [1.29, 1.82) is 0 Å². The maximum absolute atomic E-state index is 13.1. The minimum atomic E-state index is -0.782. The summed E-state index contributed by atoms with van der Waals surface area (Å²) in [6.07, 6.45) is 1.64. The number of nitrogens with one attached hydrogen (secondary N) is 1. The van der Waals surface area contributed by atoms with Crippen LogP contribution in [-0.2, 0) is 27.3 Å². The fraction of sp³-hybridized carbons (Fsp3) is 0.346. The Morgan fingerprint density at radius 3 is 2.26 bits per heavy atom. The molecular formula is C26H30N2O7. The maximum Gasteiger partial charge on any atom is 0.254 e. The van der Waals surface area contributed by atoms with Crippen molar-refractivity contribution in [3.8, 4) is 11.5 Å². The van der Waals surface area contributed by atoms with Crippen molar-refractivity contribution < 1.29 is 33.4 Å². The molecule has 0 aliphatic heterocycles. The molecular weight excluding hydrogens is 452 g/mol. The van der Waals surface area contributed by atoms with Gasteiger partial charge < -0.3 is 24.5 Å². The van der Waals surface area contributed by atoms with Crippen LogP contribution in [0.5, 0.6) is 11.5 Å². The Kier molecular flexibility index (Phi) is 10.1. The largest absolute Gasteiger partial charge is 0.497 e. The number of amides is 2. The topological polar surface area (TPSA) is 119 Å². The number of hydrogen-bond acceptors (Lipinski definition) is 7. The highest BCUT2D eigenvalue weighted by Gasteiger charge is 2.26. The molecule has 1 N–H and O–H groups in total. The molecule has 1 atom stereocenters. The summed E-state index contributed by atoms with van der Waals surface area (Å²) >= 11 is 0. The van der Waals surface area contributed by atoms with Gasteiger partial charge in [0, 0.05) is 31.6 Å². The zero-order valence-electron chi connectivity index (χ0n) is 20.3. The van der Waals surface area contributed by atoms with Crippen molar-refractivity contribution in [3.05, 3.63) is 58.7 Å². The van der Waals surface area contributed by atoms with Crippen LogP contribution >= 0.6 is 0 Å². The molecule has 0 fully saturated rings. The molecule has 0 heterocycles. The summed E-state index contributed by atoms with van der Waals surface area (Å²) in [6, 6.07) is 9.12. The summed E-state index contributed by atoms with van der Waals surface area (Å²) in [5, 5.41) is 2.76. The van der Waals surface area contributed by atoms with Crippen molar-refractivity contribution in [3.63, 3.8) is 0 Å². The van der Waals surface area contributed by atoms with E-state index in [1.54, 1.807) is 30.3 Å². The number of aldehydes is 2. The van der Waals surface area contributed by atoms with E-state index in [0.29, 0.717) is 35.2 Å². The number of nitrogens with zero attached hydrogens (tertiary/aromatic N) is 1. The first-order valence-electron chi connectivity index (χ1n) is 11.0. The molecule has 35 heavy (non-hydrogen) atoms. The van der Waals surface area contributed by atoms with E-state index in [4.69, 9.17) is 9.47 Å². The number of methoxy groups -OCH3 is 2. The second kappa shape index (κ2) is 13.0. The second-order valence-electron chi connectivity index (χ2n) is 7.96. The highest BCUT2D eigenvalue weighted by molar-refractivity contribution is 6.03. The minimum Gasteiger partial charge on any atom is -0.497 e. The lowest BCUT2D eigenvalue weighted by Crippen LogP contribution is -2.42. The third-order valence-corrected chi connectivity index (χ3v) is 5.61.